The maximum absolute atomic E-state index is 13.4. The predicted octanol–water partition coefficient (Wildman–Crippen LogP) is 2.29. The molecule has 1 N–H and O–H groups in total. The highest BCUT2D eigenvalue weighted by atomic mass is 16.6. The van der Waals surface area contributed by atoms with Crippen LogP contribution in [0.1, 0.15) is 42.5 Å². The van der Waals surface area contributed by atoms with E-state index in [9.17, 15) is 29.8 Å². The third-order valence-electron chi connectivity index (χ3n) is 6.18. The lowest BCUT2D eigenvalue weighted by atomic mass is 9.72. The summed E-state index contributed by atoms with van der Waals surface area (Å²) in [4.78, 5) is 50.9. The van der Waals surface area contributed by atoms with Crippen molar-refractivity contribution in [2.24, 2.45) is 5.92 Å². The molecule has 2 aliphatic rings. The van der Waals surface area contributed by atoms with Crippen molar-refractivity contribution in [3.8, 4) is 11.8 Å². The molecule has 0 amide bonds. The van der Waals surface area contributed by atoms with Crippen LogP contribution in [0, 0.1) is 27.4 Å². The van der Waals surface area contributed by atoms with Crippen molar-refractivity contribution >= 4 is 23.6 Å². The molecule has 2 heterocycles. The Morgan fingerprint density at radius 1 is 1.14 bits per heavy atom. The number of nitro groups is 1. The highest BCUT2D eigenvalue weighted by Crippen LogP contribution is 2.54. The fraction of sp³-hybridized carbons (Fsp3) is 0.333. The van der Waals surface area contributed by atoms with Crippen LogP contribution in [0.4, 0.5) is 5.69 Å². The third kappa shape index (κ3) is 3.77. The SMILES string of the molecule is CCOC(=O)C1(C(=O)OCC)N[C@H]2c3cc([N+](=O)[O-])ccc3OC(=O)[C@H]2[C@@H]1c1ccc(C#N)cc1. The summed E-state index contributed by atoms with van der Waals surface area (Å²) in [5, 5.41) is 23.6. The average molecular weight is 479 g/mol. The van der Waals surface area contributed by atoms with E-state index in [1.165, 1.54) is 42.5 Å². The van der Waals surface area contributed by atoms with Crippen LogP contribution >= 0.6 is 0 Å². The van der Waals surface area contributed by atoms with Crippen molar-refractivity contribution in [2.45, 2.75) is 31.3 Å². The standard InChI is InChI=1S/C24H21N3O8/c1-3-33-22(29)24(23(30)34-4-2)19(14-7-5-13(12-25)6-8-14)18-20(26-24)16-11-15(27(31)32)9-10-17(16)35-21(18)28/h5-11,18-20,26H,3-4H2,1-2H3/t18-,19-,20-/m0/s1. The van der Waals surface area contributed by atoms with Crippen molar-refractivity contribution in [1.29, 1.82) is 5.26 Å². The Bertz CT molecular complexity index is 1230. The first-order valence-electron chi connectivity index (χ1n) is 10.9. The molecule has 0 bridgehead atoms. The molecule has 11 heteroatoms. The number of nitriles is 1. The smallest absolute Gasteiger partial charge is 0.338 e. The fourth-order valence-corrected chi connectivity index (χ4v) is 4.76. The maximum atomic E-state index is 13.4. The molecule has 2 aromatic carbocycles. The molecule has 180 valence electrons. The number of esters is 3. The number of nitrogens with one attached hydrogen (secondary N) is 1. The second kappa shape index (κ2) is 9.15. The van der Waals surface area contributed by atoms with E-state index in [2.05, 4.69) is 5.32 Å². The number of rotatable bonds is 6. The van der Waals surface area contributed by atoms with E-state index in [-0.39, 0.29) is 30.2 Å². The molecule has 0 radical (unpaired) electrons. The Hall–Kier alpha value is -4.30. The first kappa shape index (κ1) is 23.8. The van der Waals surface area contributed by atoms with Crippen LogP contribution in [0.3, 0.4) is 0 Å². The van der Waals surface area contributed by atoms with Crippen LogP contribution in [0.25, 0.3) is 0 Å². The van der Waals surface area contributed by atoms with Crippen LogP contribution in [0.5, 0.6) is 5.75 Å². The molecule has 35 heavy (non-hydrogen) atoms. The van der Waals surface area contributed by atoms with Gasteiger partial charge in [0.15, 0.2) is 0 Å². The summed E-state index contributed by atoms with van der Waals surface area (Å²) in [6.45, 7) is 3.04. The molecule has 3 atom stereocenters. The Morgan fingerprint density at radius 3 is 2.31 bits per heavy atom. The van der Waals surface area contributed by atoms with Crippen LogP contribution < -0.4 is 10.1 Å². The van der Waals surface area contributed by atoms with E-state index in [4.69, 9.17) is 14.2 Å². The van der Waals surface area contributed by atoms with Crippen molar-refractivity contribution < 1.29 is 33.5 Å². The Labute approximate surface area is 199 Å². The Morgan fingerprint density at radius 2 is 1.77 bits per heavy atom. The molecule has 0 unspecified atom stereocenters. The van der Waals surface area contributed by atoms with Crippen LogP contribution in [0.15, 0.2) is 42.5 Å². The lowest BCUT2D eigenvalue weighted by molar-refractivity contribution is -0.385. The van der Waals surface area contributed by atoms with Gasteiger partial charge in [-0.15, -0.1) is 0 Å². The van der Waals surface area contributed by atoms with Crippen molar-refractivity contribution in [1.82, 2.24) is 5.32 Å². The van der Waals surface area contributed by atoms with E-state index in [0.29, 0.717) is 11.1 Å². The van der Waals surface area contributed by atoms with Gasteiger partial charge in [-0.2, -0.15) is 5.26 Å². The lowest BCUT2D eigenvalue weighted by Gasteiger charge is -2.32. The summed E-state index contributed by atoms with van der Waals surface area (Å²) in [6.07, 6.45) is 0. The fourth-order valence-electron chi connectivity index (χ4n) is 4.76. The summed E-state index contributed by atoms with van der Waals surface area (Å²) in [6, 6.07) is 10.8. The van der Waals surface area contributed by atoms with Crippen LogP contribution in [0.2, 0.25) is 0 Å². The normalized spacial score (nSPS) is 21.6. The summed E-state index contributed by atoms with van der Waals surface area (Å²) in [7, 11) is 0. The summed E-state index contributed by atoms with van der Waals surface area (Å²) in [5.41, 5.74) is -1.43. The van der Waals surface area contributed by atoms with Crippen LogP contribution in [-0.4, -0.2) is 41.6 Å². The number of carbonyl (C=O) groups excluding carboxylic acids is 3. The number of fused-ring (bicyclic) bond motifs is 3. The zero-order chi connectivity index (χ0) is 25.3. The molecule has 0 aromatic heterocycles. The summed E-state index contributed by atoms with van der Waals surface area (Å²) < 4.78 is 16.0. The average Bonchev–Trinajstić information content (AvgIpc) is 3.22. The number of hydrogen-bond donors (Lipinski definition) is 1. The van der Waals surface area contributed by atoms with Crippen LogP contribution in [-0.2, 0) is 23.9 Å². The lowest BCUT2D eigenvalue weighted by Crippen LogP contribution is -2.59. The van der Waals surface area contributed by atoms with Gasteiger partial charge in [0.05, 0.1) is 41.7 Å². The van der Waals surface area contributed by atoms with Gasteiger partial charge in [0, 0.05) is 23.6 Å². The molecule has 2 aromatic rings. The maximum Gasteiger partial charge on any atom is 0.338 e. The van der Waals surface area contributed by atoms with Gasteiger partial charge >= 0.3 is 17.9 Å². The first-order valence-corrected chi connectivity index (χ1v) is 10.9. The first-order chi connectivity index (χ1) is 16.8. The molecular formula is C24H21N3O8. The zero-order valence-electron chi connectivity index (χ0n) is 18.8. The number of nitro benzene ring substituents is 1. The van der Waals surface area contributed by atoms with Gasteiger partial charge in [-0.1, -0.05) is 12.1 Å². The number of non-ortho nitro benzene ring substituents is 1. The molecular weight excluding hydrogens is 458 g/mol. The highest BCUT2D eigenvalue weighted by Gasteiger charge is 2.68. The Kier molecular flexibility index (Phi) is 6.24. The van der Waals surface area contributed by atoms with E-state index >= 15 is 0 Å². The molecule has 1 fully saturated rings. The largest absolute Gasteiger partial charge is 0.464 e. The summed E-state index contributed by atoms with van der Waals surface area (Å²) in [5.74, 6) is -4.85. The number of ether oxygens (including phenoxy) is 3. The second-order valence-corrected chi connectivity index (χ2v) is 8.01. The predicted molar refractivity (Wildman–Crippen MR) is 118 cm³/mol. The minimum absolute atomic E-state index is 0.0520. The highest BCUT2D eigenvalue weighted by molar-refractivity contribution is 6.08. The van der Waals surface area contributed by atoms with Gasteiger partial charge in [-0.3, -0.25) is 20.2 Å². The molecule has 4 rings (SSSR count). The molecule has 0 aliphatic carbocycles. The van der Waals surface area contributed by atoms with Crippen molar-refractivity contribution in [2.75, 3.05) is 13.2 Å². The molecule has 0 saturated carbocycles. The molecule has 0 spiro atoms. The number of carbonyl (C=O) groups is 3. The van der Waals surface area contributed by atoms with Crippen molar-refractivity contribution in [3.05, 3.63) is 69.3 Å². The van der Waals surface area contributed by atoms with Crippen molar-refractivity contribution in [3.63, 3.8) is 0 Å². The number of nitrogens with zero attached hydrogens (tertiary/aromatic N) is 2. The quantitative estimate of drug-likeness (QED) is 0.214. The molecule has 2 aliphatic heterocycles. The van der Waals surface area contributed by atoms with Gasteiger partial charge in [0.1, 0.15) is 5.75 Å². The summed E-state index contributed by atoms with van der Waals surface area (Å²) >= 11 is 0. The van der Waals surface area contributed by atoms with Gasteiger partial charge in [-0.05, 0) is 37.6 Å². The number of hydrogen-bond acceptors (Lipinski definition) is 10. The van der Waals surface area contributed by atoms with E-state index in [1.807, 2.05) is 6.07 Å². The topological polar surface area (TPSA) is 158 Å². The number of benzene rings is 2. The monoisotopic (exact) mass is 479 g/mol. The van der Waals surface area contributed by atoms with Gasteiger partial charge in [-0.25, -0.2) is 9.59 Å². The molecule has 11 nitrogen and oxygen atoms in total. The van der Waals surface area contributed by atoms with E-state index in [1.54, 1.807) is 13.8 Å². The second-order valence-electron chi connectivity index (χ2n) is 8.01. The van der Waals surface area contributed by atoms with Gasteiger partial charge in [0.25, 0.3) is 5.69 Å². The van der Waals surface area contributed by atoms with Gasteiger partial charge < -0.3 is 14.2 Å². The Balaban J connectivity index is 1.97. The van der Waals surface area contributed by atoms with E-state index < -0.39 is 46.2 Å². The third-order valence-corrected chi connectivity index (χ3v) is 6.18. The molecule has 1 saturated heterocycles. The van der Waals surface area contributed by atoms with Gasteiger partial charge in [0.2, 0.25) is 5.54 Å². The zero-order valence-corrected chi connectivity index (χ0v) is 18.8. The van der Waals surface area contributed by atoms with E-state index in [0.717, 1.165) is 0 Å². The minimum Gasteiger partial charge on any atom is -0.464 e. The minimum atomic E-state index is -2.15.